The molecule has 2 aromatic heterocycles. The first-order chi connectivity index (χ1) is 17.3. The van der Waals surface area contributed by atoms with Crippen LogP contribution in [0.4, 0.5) is 30.5 Å². The molecule has 1 aromatic carbocycles. The first-order valence-corrected chi connectivity index (χ1v) is 11.1. The van der Waals surface area contributed by atoms with E-state index >= 15 is 0 Å². The summed E-state index contributed by atoms with van der Waals surface area (Å²) in [6.07, 6.45) is 3.72. The first kappa shape index (κ1) is 23.7. The Hall–Kier alpha value is -4.03. The van der Waals surface area contributed by atoms with E-state index in [1.165, 1.54) is 12.3 Å². The molecule has 12 heteroatoms. The molecule has 2 aliphatic rings. The minimum atomic E-state index is -1.33. The van der Waals surface area contributed by atoms with E-state index in [0.29, 0.717) is 43.4 Å². The third kappa shape index (κ3) is 4.25. The Morgan fingerprint density at radius 2 is 1.86 bits per heavy atom. The van der Waals surface area contributed by atoms with Gasteiger partial charge in [0.2, 0.25) is 0 Å². The van der Waals surface area contributed by atoms with E-state index in [2.05, 4.69) is 20.6 Å². The summed E-state index contributed by atoms with van der Waals surface area (Å²) in [4.78, 5) is 38.8. The van der Waals surface area contributed by atoms with Crippen LogP contribution in [0, 0.1) is 17.5 Å². The van der Waals surface area contributed by atoms with E-state index < -0.39 is 41.1 Å². The van der Waals surface area contributed by atoms with Crippen LogP contribution in [0.3, 0.4) is 0 Å². The molecule has 2 bridgehead atoms. The van der Waals surface area contributed by atoms with Crippen molar-refractivity contribution in [1.29, 1.82) is 0 Å². The number of nitrogens with one attached hydrogen (secondary N) is 2. The van der Waals surface area contributed by atoms with Crippen molar-refractivity contribution in [1.82, 2.24) is 15.0 Å². The van der Waals surface area contributed by atoms with Gasteiger partial charge in [-0.2, -0.15) is 5.06 Å². The number of Topliss-reactive ketones (excluding diaryl/α,β-unsaturated/α-hetero) is 1. The maximum Gasteiger partial charge on any atom is 0.252 e. The fourth-order valence-electron chi connectivity index (χ4n) is 4.35. The molecule has 3 aromatic rings. The standard InChI is InChI=1S/C24H21F3N6O3/c25-16-2-3-17(26)22(27)14(16)11-29-18-9-21(31-12-15(18)23(28)35)32-20-4-1-13(10-30-20)24-6-8-33(36-24)7-5-19(24)34/h1-4,9-10,12H,5-8,11H2,(H2,28,35)(H2,29,30,31,32). The molecule has 2 atom stereocenters. The number of primary amides is 1. The number of benzene rings is 1. The van der Waals surface area contributed by atoms with Gasteiger partial charge in [0.25, 0.3) is 5.91 Å². The van der Waals surface area contributed by atoms with Crippen LogP contribution >= 0.6 is 0 Å². The van der Waals surface area contributed by atoms with Crippen molar-refractivity contribution >= 4 is 29.0 Å². The topological polar surface area (TPSA) is 122 Å². The second kappa shape index (κ2) is 9.21. The molecule has 2 aliphatic heterocycles. The zero-order valence-electron chi connectivity index (χ0n) is 18.9. The normalized spacial score (nSPS) is 20.9. The zero-order valence-corrected chi connectivity index (χ0v) is 18.9. The van der Waals surface area contributed by atoms with Crippen molar-refractivity contribution in [3.8, 4) is 0 Å². The van der Waals surface area contributed by atoms with Crippen LogP contribution in [-0.2, 0) is 21.8 Å². The Morgan fingerprint density at radius 3 is 2.61 bits per heavy atom. The van der Waals surface area contributed by atoms with Crippen molar-refractivity contribution in [3.05, 3.63) is 76.9 Å². The third-order valence-corrected chi connectivity index (χ3v) is 6.29. The molecule has 0 radical (unpaired) electrons. The average Bonchev–Trinajstić information content (AvgIpc) is 3.24. The lowest BCUT2D eigenvalue weighted by molar-refractivity contribution is -0.217. The highest BCUT2D eigenvalue weighted by atomic mass is 19.2. The maximum atomic E-state index is 14.0. The van der Waals surface area contributed by atoms with Crippen molar-refractivity contribution in [2.45, 2.75) is 25.0 Å². The van der Waals surface area contributed by atoms with E-state index in [1.807, 2.05) is 0 Å². The zero-order chi connectivity index (χ0) is 25.4. The van der Waals surface area contributed by atoms with Crippen LogP contribution in [0.15, 0.2) is 42.7 Å². The van der Waals surface area contributed by atoms with E-state index in [9.17, 15) is 22.8 Å². The first-order valence-electron chi connectivity index (χ1n) is 11.1. The van der Waals surface area contributed by atoms with Crippen LogP contribution < -0.4 is 16.4 Å². The average molecular weight is 498 g/mol. The van der Waals surface area contributed by atoms with Crippen molar-refractivity contribution in [2.24, 2.45) is 5.73 Å². The summed E-state index contributed by atoms with van der Waals surface area (Å²) in [6, 6.07) is 6.31. The van der Waals surface area contributed by atoms with Gasteiger partial charge in [0.15, 0.2) is 23.0 Å². The Labute approximate surface area is 203 Å². The van der Waals surface area contributed by atoms with Gasteiger partial charge in [0.05, 0.1) is 11.3 Å². The quantitative estimate of drug-likeness (QED) is 0.425. The fourth-order valence-corrected chi connectivity index (χ4v) is 4.35. The molecule has 186 valence electrons. The molecule has 2 fully saturated rings. The van der Waals surface area contributed by atoms with Crippen LogP contribution in [0.1, 0.15) is 34.3 Å². The van der Waals surface area contributed by atoms with Crippen LogP contribution in [0.5, 0.6) is 0 Å². The number of amides is 1. The molecule has 36 heavy (non-hydrogen) atoms. The number of aromatic nitrogens is 2. The van der Waals surface area contributed by atoms with Gasteiger partial charge in [-0.3, -0.25) is 14.4 Å². The highest BCUT2D eigenvalue weighted by molar-refractivity contribution is 5.98. The number of hydrogen-bond donors (Lipinski definition) is 3. The number of pyridine rings is 2. The number of halogens is 3. The summed E-state index contributed by atoms with van der Waals surface area (Å²) in [5.74, 6) is -3.63. The van der Waals surface area contributed by atoms with Gasteiger partial charge < -0.3 is 16.4 Å². The summed E-state index contributed by atoms with van der Waals surface area (Å²) in [7, 11) is 0. The predicted molar refractivity (Wildman–Crippen MR) is 122 cm³/mol. The lowest BCUT2D eigenvalue weighted by atomic mass is 9.87. The van der Waals surface area contributed by atoms with Crippen LogP contribution in [0.2, 0.25) is 0 Å². The number of hydroxylamine groups is 2. The van der Waals surface area contributed by atoms with Crippen molar-refractivity contribution in [3.63, 3.8) is 0 Å². The number of ketones is 1. The van der Waals surface area contributed by atoms with Crippen molar-refractivity contribution in [2.75, 3.05) is 23.7 Å². The van der Waals surface area contributed by atoms with Gasteiger partial charge >= 0.3 is 0 Å². The van der Waals surface area contributed by atoms with Crippen molar-refractivity contribution < 1.29 is 27.6 Å². The molecule has 5 rings (SSSR count). The molecule has 0 saturated carbocycles. The molecular formula is C24H21F3N6O3. The van der Waals surface area contributed by atoms with Gasteiger partial charge in [0, 0.05) is 62.1 Å². The minimum Gasteiger partial charge on any atom is -0.380 e. The summed E-state index contributed by atoms with van der Waals surface area (Å²) in [5.41, 5.74) is 4.61. The Bertz CT molecular complexity index is 1350. The highest BCUT2D eigenvalue weighted by Gasteiger charge is 2.50. The highest BCUT2D eigenvalue weighted by Crippen LogP contribution is 2.41. The third-order valence-electron chi connectivity index (χ3n) is 6.29. The molecule has 4 heterocycles. The molecule has 0 spiro atoms. The second-order valence-corrected chi connectivity index (χ2v) is 8.48. The molecule has 2 saturated heterocycles. The Morgan fingerprint density at radius 1 is 1.08 bits per heavy atom. The minimum absolute atomic E-state index is 0.0179. The molecule has 4 N–H and O–H groups in total. The number of carbonyl (C=O) groups is 2. The molecular weight excluding hydrogens is 477 g/mol. The molecule has 9 nitrogen and oxygen atoms in total. The summed E-state index contributed by atoms with van der Waals surface area (Å²) in [5, 5.41) is 7.46. The molecule has 0 aliphatic carbocycles. The Kier molecular flexibility index (Phi) is 6.06. The van der Waals surface area contributed by atoms with Gasteiger partial charge in [-0.15, -0.1) is 0 Å². The summed E-state index contributed by atoms with van der Waals surface area (Å²) < 4.78 is 41.5. The van der Waals surface area contributed by atoms with Gasteiger partial charge in [-0.1, -0.05) is 6.07 Å². The monoisotopic (exact) mass is 498 g/mol. The van der Waals surface area contributed by atoms with E-state index in [0.717, 1.165) is 6.07 Å². The fraction of sp³-hybridized carbons (Fsp3) is 0.250. The lowest BCUT2D eigenvalue weighted by Gasteiger charge is -2.32. The number of nitrogens with zero attached hydrogens (tertiary/aromatic N) is 3. The number of fused-ring (bicyclic) bond motifs is 2. The SMILES string of the molecule is NC(=O)c1cnc(Nc2ccc(C34CCN(CCC3=O)O4)cn2)cc1NCc1c(F)ccc(F)c1F. The van der Waals surface area contributed by atoms with Gasteiger partial charge in [-0.25, -0.2) is 23.1 Å². The summed E-state index contributed by atoms with van der Waals surface area (Å²) >= 11 is 0. The van der Waals surface area contributed by atoms with Crippen LogP contribution in [-0.4, -0.2) is 39.8 Å². The molecule has 1 amide bonds. The number of hydrogen-bond acceptors (Lipinski definition) is 8. The largest absolute Gasteiger partial charge is 0.380 e. The number of nitrogens with two attached hydrogens (primary N) is 1. The van der Waals surface area contributed by atoms with E-state index in [4.69, 9.17) is 10.6 Å². The number of carbonyl (C=O) groups excluding carboxylic acids is 2. The number of rotatable bonds is 7. The number of anilines is 3. The van der Waals surface area contributed by atoms with Gasteiger partial charge in [0.1, 0.15) is 17.5 Å². The molecule has 2 unspecified atom stereocenters. The smallest absolute Gasteiger partial charge is 0.252 e. The maximum absolute atomic E-state index is 14.0. The lowest BCUT2D eigenvalue weighted by Crippen LogP contribution is -2.42. The van der Waals surface area contributed by atoms with Gasteiger partial charge in [-0.05, 0) is 18.2 Å². The van der Waals surface area contributed by atoms with Crippen LogP contribution in [0.25, 0.3) is 0 Å². The van der Waals surface area contributed by atoms with E-state index in [1.54, 1.807) is 23.4 Å². The summed E-state index contributed by atoms with van der Waals surface area (Å²) in [6.45, 7) is 0.801. The predicted octanol–water partition coefficient (Wildman–Crippen LogP) is 3.15. The second-order valence-electron chi connectivity index (χ2n) is 8.48. The van der Waals surface area contributed by atoms with E-state index in [-0.39, 0.29) is 22.9 Å². The Balaban J connectivity index is 1.35.